The molecule has 5 heteroatoms. The van der Waals surface area contributed by atoms with E-state index >= 15 is 0 Å². The SMILES string of the molecule is Cn1c(=O)c(CNCCN2CCOCC2)cc2ccccc21. The Balaban J connectivity index is 1.61. The minimum Gasteiger partial charge on any atom is -0.379 e. The first-order valence-electron chi connectivity index (χ1n) is 7.84. The van der Waals surface area contributed by atoms with Gasteiger partial charge in [-0.15, -0.1) is 0 Å². The van der Waals surface area contributed by atoms with Gasteiger partial charge >= 0.3 is 0 Å². The molecule has 5 nitrogen and oxygen atoms in total. The molecule has 0 spiro atoms. The number of benzene rings is 1. The highest BCUT2D eigenvalue weighted by atomic mass is 16.5. The number of rotatable bonds is 5. The van der Waals surface area contributed by atoms with Crippen molar-refractivity contribution in [2.24, 2.45) is 7.05 Å². The van der Waals surface area contributed by atoms with Crippen molar-refractivity contribution in [1.82, 2.24) is 14.8 Å². The lowest BCUT2D eigenvalue weighted by molar-refractivity contribution is 0.0384. The largest absolute Gasteiger partial charge is 0.379 e. The summed E-state index contributed by atoms with van der Waals surface area (Å²) in [5.41, 5.74) is 1.88. The molecule has 0 atom stereocenters. The summed E-state index contributed by atoms with van der Waals surface area (Å²) in [6, 6.07) is 9.99. The predicted octanol–water partition coefficient (Wildman–Crippen LogP) is 0.960. The Hall–Kier alpha value is -1.69. The first-order chi connectivity index (χ1) is 10.8. The Bertz CT molecular complexity index is 690. The first kappa shape index (κ1) is 15.2. The van der Waals surface area contributed by atoms with E-state index in [1.54, 1.807) is 4.57 Å². The Labute approximate surface area is 130 Å². The molecule has 1 aromatic carbocycles. The topological polar surface area (TPSA) is 46.5 Å². The molecule has 22 heavy (non-hydrogen) atoms. The van der Waals surface area contributed by atoms with Crippen LogP contribution in [0.4, 0.5) is 0 Å². The molecule has 118 valence electrons. The Morgan fingerprint density at radius 1 is 1.23 bits per heavy atom. The monoisotopic (exact) mass is 301 g/mol. The van der Waals surface area contributed by atoms with Crippen molar-refractivity contribution in [2.75, 3.05) is 39.4 Å². The molecule has 1 fully saturated rings. The minimum atomic E-state index is 0.0811. The van der Waals surface area contributed by atoms with E-state index in [0.717, 1.165) is 55.9 Å². The summed E-state index contributed by atoms with van der Waals surface area (Å²) in [6.07, 6.45) is 0. The number of morpholine rings is 1. The van der Waals surface area contributed by atoms with E-state index in [9.17, 15) is 4.79 Å². The fourth-order valence-electron chi connectivity index (χ4n) is 2.90. The van der Waals surface area contributed by atoms with Gasteiger partial charge in [0.2, 0.25) is 0 Å². The number of pyridine rings is 1. The number of para-hydroxylation sites is 1. The smallest absolute Gasteiger partial charge is 0.255 e. The Morgan fingerprint density at radius 2 is 2.00 bits per heavy atom. The van der Waals surface area contributed by atoms with Crippen LogP contribution in [0.3, 0.4) is 0 Å². The van der Waals surface area contributed by atoms with Crippen LogP contribution in [-0.4, -0.2) is 48.9 Å². The number of hydrogen-bond acceptors (Lipinski definition) is 4. The lowest BCUT2D eigenvalue weighted by Gasteiger charge is -2.26. The van der Waals surface area contributed by atoms with Crippen LogP contribution in [0.5, 0.6) is 0 Å². The zero-order valence-electron chi connectivity index (χ0n) is 13.0. The number of aryl methyl sites for hydroxylation is 1. The van der Waals surface area contributed by atoms with Crippen LogP contribution in [0.2, 0.25) is 0 Å². The third-order valence-corrected chi connectivity index (χ3v) is 4.23. The molecule has 0 bridgehead atoms. The van der Waals surface area contributed by atoms with Gasteiger partial charge in [0.05, 0.1) is 18.7 Å². The molecule has 1 aliphatic rings. The molecule has 3 rings (SSSR count). The van der Waals surface area contributed by atoms with Crippen LogP contribution in [-0.2, 0) is 18.3 Å². The predicted molar refractivity (Wildman–Crippen MR) is 88.2 cm³/mol. The fourth-order valence-corrected chi connectivity index (χ4v) is 2.90. The maximum absolute atomic E-state index is 12.4. The highest BCUT2D eigenvalue weighted by molar-refractivity contribution is 5.79. The Kier molecular flexibility index (Phi) is 4.87. The summed E-state index contributed by atoms with van der Waals surface area (Å²) in [6.45, 7) is 6.14. The maximum Gasteiger partial charge on any atom is 0.255 e. The zero-order chi connectivity index (χ0) is 15.4. The van der Waals surface area contributed by atoms with Crippen LogP contribution < -0.4 is 10.9 Å². The van der Waals surface area contributed by atoms with Crippen molar-refractivity contribution in [3.63, 3.8) is 0 Å². The second kappa shape index (κ2) is 7.05. The molecular formula is C17H23N3O2. The van der Waals surface area contributed by atoms with E-state index < -0.39 is 0 Å². The van der Waals surface area contributed by atoms with E-state index in [-0.39, 0.29) is 5.56 Å². The van der Waals surface area contributed by atoms with Crippen molar-refractivity contribution >= 4 is 10.9 Å². The van der Waals surface area contributed by atoms with Crippen LogP contribution in [0.15, 0.2) is 35.1 Å². The zero-order valence-corrected chi connectivity index (χ0v) is 13.0. The number of ether oxygens (including phenoxy) is 1. The highest BCUT2D eigenvalue weighted by Crippen LogP contribution is 2.12. The average molecular weight is 301 g/mol. The normalized spacial score (nSPS) is 16.2. The summed E-state index contributed by atoms with van der Waals surface area (Å²) in [5.74, 6) is 0. The third-order valence-electron chi connectivity index (χ3n) is 4.23. The summed E-state index contributed by atoms with van der Waals surface area (Å²) >= 11 is 0. The molecule has 0 unspecified atom stereocenters. The van der Waals surface area contributed by atoms with Gasteiger partial charge in [0, 0.05) is 45.3 Å². The molecule has 0 aliphatic carbocycles. The van der Waals surface area contributed by atoms with E-state index in [1.807, 2.05) is 37.4 Å². The second-order valence-corrected chi connectivity index (χ2v) is 5.72. The number of hydrogen-bond donors (Lipinski definition) is 1. The van der Waals surface area contributed by atoms with E-state index in [1.165, 1.54) is 0 Å². The molecule has 1 saturated heterocycles. The van der Waals surface area contributed by atoms with Crippen molar-refractivity contribution in [1.29, 1.82) is 0 Å². The first-order valence-corrected chi connectivity index (χ1v) is 7.84. The molecule has 1 aliphatic heterocycles. The van der Waals surface area contributed by atoms with Crippen molar-refractivity contribution in [3.05, 3.63) is 46.2 Å². The standard InChI is InChI=1S/C17H23N3O2/c1-19-16-5-3-2-4-14(16)12-15(17(19)21)13-18-6-7-20-8-10-22-11-9-20/h2-5,12,18H,6-11,13H2,1H3. The maximum atomic E-state index is 12.4. The van der Waals surface area contributed by atoms with Gasteiger partial charge in [-0.3, -0.25) is 9.69 Å². The van der Waals surface area contributed by atoms with Crippen LogP contribution in [0, 0.1) is 0 Å². The van der Waals surface area contributed by atoms with Gasteiger partial charge < -0.3 is 14.6 Å². The fraction of sp³-hybridized carbons (Fsp3) is 0.471. The van der Waals surface area contributed by atoms with Gasteiger partial charge in [-0.2, -0.15) is 0 Å². The summed E-state index contributed by atoms with van der Waals surface area (Å²) in [4.78, 5) is 14.8. The summed E-state index contributed by atoms with van der Waals surface area (Å²) in [7, 11) is 1.84. The average Bonchev–Trinajstić information content (AvgIpc) is 2.57. The molecule has 2 heterocycles. The van der Waals surface area contributed by atoms with Gasteiger partial charge in [0.25, 0.3) is 5.56 Å². The second-order valence-electron chi connectivity index (χ2n) is 5.72. The minimum absolute atomic E-state index is 0.0811. The van der Waals surface area contributed by atoms with Crippen LogP contribution in [0.1, 0.15) is 5.56 Å². The van der Waals surface area contributed by atoms with Crippen molar-refractivity contribution in [3.8, 4) is 0 Å². The molecule has 0 saturated carbocycles. The van der Waals surface area contributed by atoms with Gasteiger partial charge in [-0.1, -0.05) is 18.2 Å². The number of nitrogens with one attached hydrogen (secondary N) is 1. The van der Waals surface area contributed by atoms with Gasteiger partial charge in [0.15, 0.2) is 0 Å². The third kappa shape index (κ3) is 3.38. The van der Waals surface area contributed by atoms with Crippen molar-refractivity contribution < 1.29 is 4.74 Å². The number of fused-ring (bicyclic) bond motifs is 1. The molecule has 1 N–H and O–H groups in total. The lowest BCUT2D eigenvalue weighted by atomic mass is 10.1. The van der Waals surface area contributed by atoms with E-state index in [2.05, 4.69) is 10.2 Å². The van der Waals surface area contributed by atoms with Crippen LogP contribution >= 0.6 is 0 Å². The summed E-state index contributed by atoms with van der Waals surface area (Å²) < 4.78 is 7.07. The van der Waals surface area contributed by atoms with Gasteiger partial charge in [-0.25, -0.2) is 0 Å². The number of nitrogens with zero attached hydrogens (tertiary/aromatic N) is 2. The van der Waals surface area contributed by atoms with Gasteiger partial charge in [0.1, 0.15) is 0 Å². The Morgan fingerprint density at radius 3 is 2.82 bits per heavy atom. The van der Waals surface area contributed by atoms with Crippen LogP contribution in [0.25, 0.3) is 10.9 Å². The van der Waals surface area contributed by atoms with E-state index in [0.29, 0.717) is 6.54 Å². The van der Waals surface area contributed by atoms with Crippen molar-refractivity contribution in [2.45, 2.75) is 6.54 Å². The quantitative estimate of drug-likeness (QED) is 0.836. The summed E-state index contributed by atoms with van der Waals surface area (Å²) in [5, 5.41) is 4.49. The highest BCUT2D eigenvalue weighted by Gasteiger charge is 2.10. The molecule has 0 amide bonds. The lowest BCUT2D eigenvalue weighted by Crippen LogP contribution is -2.40. The molecule has 1 aromatic heterocycles. The number of aromatic nitrogens is 1. The molecule has 0 radical (unpaired) electrons. The van der Waals surface area contributed by atoms with E-state index in [4.69, 9.17) is 4.74 Å². The molecule has 2 aromatic rings. The molecular weight excluding hydrogens is 278 g/mol. The van der Waals surface area contributed by atoms with Gasteiger partial charge in [-0.05, 0) is 17.5 Å².